The predicted octanol–water partition coefficient (Wildman–Crippen LogP) is 1.83. The van der Waals surface area contributed by atoms with E-state index in [-0.39, 0.29) is 0 Å². The van der Waals surface area contributed by atoms with Gasteiger partial charge < -0.3 is 0 Å². The summed E-state index contributed by atoms with van der Waals surface area (Å²) in [7, 11) is 1.70. The zero-order chi connectivity index (χ0) is 5.70. The number of rotatable bonds is 1. The summed E-state index contributed by atoms with van der Waals surface area (Å²) in [6, 6.07) is 0. The van der Waals surface area contributed by atoms with E-state index in [1.807, 2.05) is 6.92 Å². The highest BCUT2D eigenvalue weighted by molar-refractivity contribution is 6.30. The van der Waals surface area contributed by atoms with E-state index in [9.17, 15) is 0 Å². The maximum atomic E-state index is 5.43. The van der Waals surface area contributed by atoms with Crippen LogP contribution in [0.25, 0.3) is 0 Å². The van der Waals surface area contributed by atoms with Crippen LogP contribution in [-0.2, 0) is 0 Å². The topological polar surface area (TPSA) is 12.4 Å². The molecular weight excluding hydrogens is 110 g/mol. The van der Waals surface area contributed by atoms with Gasteiger partial charge in [0, 0.05) is 18.3 Å². The standard InChI is InChI=1S/C5H8ClN/c1-5(6)3-4-7-2/h3-4H,1-2H3. The molecule has 0 saturated heterocycles. The smallest absolute Gasteiger partial charge is 0.0277 e. The first-order valence-electron chi connectivity index (χ1n) is 2.02. The molecule has 0 unspecified atom stereocenters. The first-order chi connectivity index (χ1) is 3.27. The molecule has 0 aliphatic carbocycles. The number of hydrogen-bond donors (Lipinski definition) is 0. The van der Waals surface area contributed by atoms with Crippen LogP contribution >= 0.6 is 11.6 Å². The van der Waals surface area contributed by atoms with E-state index in [1.165, 1.54) is 0 Å². The van der Waals surface area contributed by atoms with E-state index in [2.05, 4.69) is 4.99 Å². The third kappa shape index (κ3) is 5.70. The summed E-state index contributed by atoms with van der Waals surface area (Å²) in [5, 5.41) is 0.755. The fraction of sp³-hybridized carbons (Fsp3) is 0.400. The first-order valence-corrected chi connectivity index (χ1v) is 2.39. The average Bonchev–Trinajstić information content (AvgIpc) is 1.61. The van der Waals surface area contributed by atoms with Crippen LogP contribution in [0.2, 0.25) is 0 Å². The molecule has 0 aromatic carbocycles. The second kappa shape index (κ2) is 3.88. The fourth-order valence-corrected chi connectivity index (χ4v) is 0.234. The van der Waals surface area contributed by atoms with Crippen LogP contribution in [-0.4, -0.2) is 13.3 Å². The predicted molar refractivity (Wildman–Crippen MR) is 34.0 cm³/mol. The number of hydrogen-bond acceptors (Lipinski definition) is 1. The second-order valence-corrected chi connectivity index (χ2v) is 1.76. The van der Waals surface area contributed by atoms with Gasteiger partial charge in [0.25, 0.3) is 0 Å². The van der Waals surface area contributed by atoms with Crippen LogP contribution in [0.5, 0.6) is 0 Å². The lowest BCUT2D eigenvalue weighted by Crippen LogP contribution is -1.62. The largest absolute Gasteiger partial charge is 0.296 e. The highest BCUT2D eigenvalue weighted by atomic mass is 35.5. The summed E-state index contributed by atoms with van der Waals surface area (Å²) in [6.07, 6.45) is 3.39. The molecule has 0 amide bonds. The minimum absolute atomic E-state index is 0.755. The van der Waals surface area contributed by atoms with Crippen molar-refractivity contribution in [1.82, 2.24) is 0 Å². The SMILES string of the molecule is CN=CC=C(C)Cl. The van der Waals surface area contributed by atoms with Gasteiger partial charge in [0.1, 0.15) is 0 Å². The van der Waals surface area contributed by atoms with Gasteiger partial charge in [-0.05, 0) is 13.0 Å². The summed E-state index contributed by atoms with van der Waals surface area (Å²) in [4.78, 5) is 3.69. The molecule has 7 heavy (non-hydrogen) atoms. The van der Waals surface area contributed by atoms with Crippen molar-refractivity contribution in [2.75, 3.05) is 7.05 Å². The maximum absolute atomic E-state index is 5.43. The van der Waals surface area contributed by atoms with Gasteiger partial charge in [0.2, 0.25) is 0 Å². The molecule has 0 atom stereocenters. The highest BCUT2D eigenvalue weighted by Crippen LogP contribution is 1.93. The van der Waals surface area contributed by atoms with Crippen molar-refractivity contribution in [2.24, 2.45) is 4.99 Å². The summed E-state index contributed by atoms with van der Waals surface area (Å²) in [5.74, 6) is 0. The van der Waals surface area contributed by atoms with Gasteiger partial charge in [-0.3, -0.25) is 4.99 Å². The molecule has 0 radical (unpaired) electrons. The van der Waals surface area contributed by atoms with Crippen LogP contribution in [0.1, 0.15) is 6.92 Å². The van der Waals surface area contributed by atoms with Crippen molar-refractivity contribution in [3.05, 3.63) is 11.1 Å². The summed E-state index contributed by atoms with van der Waals surface area (Å²) >= 11 is 5.43. The lowest BCUT2D eigenvalue weighted by molar-refractivity contribution is 1.47. The van der Waals surface area contributed by atoms with Crippen molar-refractivity contribution < 1.29 is 0 Å². The zero-order valence-corrected chi connectivity index (χ0v) is 5.24. The number of aliphatic imine (C=N–C) groups is 1. The van der Waals surface area contributed by atoms with Crippen molar-refractivity contribution in [2.45, 2.75) is 6.92 Å². The van der Waals surface area contributed by atoms with Gasteiger partial charge in [0.05, 0.1) is 0 Å². The van der Waals surface area contributed by atoms with Gasteiger partial charge >= 0.3 is 0 Å². The Labute approximate surface area is 48.7 Å². The Balaban J connectivity index is 3.46. The first kappa shape index (κ1) is 6.70. The van der Waals surface area contributed by atoms with E-state index in [4.69, 9.17) is 11.6 Å². The van der Waals surface area contributed by atoms with E-state index in [1.54, 1.807) is 19.3 Å². The molecule has 0 heterocycles. The molecule has 0 aliphatic heterocycles. The molecule has 0 rings (SSSR count). The van der Waals surface area contributed by atoms with Crippen molar-refractivity contribution in [1.29, 1.82) is 0 Å². The molecular formula is C5H8ClN. The lowest BCUT2D eigenvalue weighted by atomic mass is 10.6. The Hall–Kier alpha value is -0.300. The van der Waals surface area contributed by atoms with Gasteiger partial charge in [-0.2, -0.15) is 0 Å². The van der Waals surface area contributed by atoms with Crippen LogP contribution < -0.4 is 0 Å². The molecule has 0 aromatic heterocycles. The third-order valence-electron chi connectivity index (χ3n) is 0.453. The van der Waals surface area contributed by atoms with Crippen LogP contribution in [0.3, 0.4) is 0 Å². The molecule has 0 bridgehead atoms. The Bertz CT molecular complexity index is 90.3. The van der Waals surface area contributed by atoms with Crippen LogP contribution in [0.4, 0.5) is 0 Å². The van der Waals surface area contributed by atoms with Gasteiger partial charge in [-0.15, -0.1) is 0 Å². The third-order valence-corrected chi connectivity index (χ3v) is 0.579. The lowest BCUT2D eigenvalue weighted by Gasteiger charge is -1.74. The summed E-state index contributed by atoms with van der Waals surface area (Å²) in [6.45, 7) is 1.81. The molecule has 1 nitrogen and oxygen atoms in total. The Morgan fingerprint density at radius 2 is 2.29 bits per heavy atom. The van der Waals surface area contributed by atoms with E-state index >= 15 is 0 Å². The van der Waals surface area contributed by atoms with Crippen molar-refractivity contribution in [3.8, 4) is 0 Å². The zero-order valence-electron chi connectivity index (χ0n) is 4.48. The molecule has 40 valence electrons. The summed E-state index contributed by atoms with van der Waals surface area (Å²) < 4.78 is 0. The quantitative estimate of drug-likeness (QED) is 0.465. The minimum Gasteiger partial charge on any atom is -0.296 e. The molecule has 0 spiro atoms. The average molecular weight is 118 g/mol. The van der Waals surface area contributed by atoms with Gasteiger partial charge in [0.15, 0.2) is 0 Å². The molecule has 0 fully saturated rings. The fourth-order valence-electron chi connectivity index (χ4n) is 0.177. The van der Waals surface area contributed by atoms with Crippen molar-refractivity contribution >= 4 is 17.8 Å². The molecule has 0 N–H and O–H groups in total. The molecule has 0 aliphatic rings. The van der Waals surface area contributed by atoms with E-state index in [0.29, 0.717) is 0 Å². The van der Waals surface area contributed by atoms with Crippen LogP contribution in [0, 0.1) is 0 Å². The summed E-state index contributed by atoms with van der Waals surface area (Å²) in [5.41, 5.74) is 0. The Kier molecular flexibility index (Phi) is 3.71. The Morgan fingerprint density at radius 1 is 1.71 bits per heavy atom. The minimum atomic E-state index is 0.755. The number of allylic oxidation sites excluding steroid dienone is 2. The number of nitrogens with zero attached hydrogens (tertiary/aromatic N) is 1. The van der Waals surface area contributed by atoms with Gasteiger partial charge in [-0.25, -0.2) is 0 Å². The van der Waals surface area contributed by atoms with E-state index < -0.39 is 0 Å². The molecule has 0 aromatic rings. The normalized spacial score (nSPS) is 13.3. The second-order valence-electron chi connectivity index (χ2n) is 1.16. The molecule has 2 heteroatoms. The highest BCUT2D eigenvalue weighted by Gasteiger charge is 1.69. The van der Waals surface area contributed by atoms with Crippen LogP contribution in [0.15, 0.2) is 16.1 Å². The van der Waals surface area contributed by atoms with E-state index in [0.717, 1.165) is 5.03 Å². The maximum Gasteiger partial charge on any atom is 0.0277 e. The Morgan fingerprint density at radius 3 is 2.43 bits per heavy atom. The molecule has 0 saturated carbocycles. The number of halogens is 1. The van der Waals surface area contributed by atoms with Gasteiger partial charge in [-0.1, -0.05) is 11.6 Å². The monoisotopic (exact) mass is 117 g/mol. The van der Waals surface area contributed by atoms with Crippen molar-refractivity contribution in [3.63, 3.8) is 0 Å².